The Bertz CT molecular complexity index is 970. The number of amides is 2. The molecule has 0 saturated carbocycles. The minimum absolute atomic E-state index is 0.0495. The van der Waals surface area contributed by atoms with Gasteiger partial charge in [0.15, 0.2) is 0 Å². The lowest BCUT2D eigenvalue weighted by Crippen LogP contribution is -2.50. The fourth-order valence-electron chi connectivity index (χ4n) is 4.84. The summed E-state index contributed by atoms with van der Waals surface area (Å²) in [6.07, 6.45) is 0. The minimum atomic E-state index is -0.522. The summed E-state index contributed by atoms with van der Waals surface area (Å²) in [4.78, 5) is 31.2. The predicted octanol–water partition coefficient (Wildman–Crippen LogP) is 2.32. The molecule has 1 fully saturated rings. The Morgan fingerprint density at radius 2 is 1.82 bits per heavy atom. The van der Waals surface area contributed by atoms with Crippen molar-refractivity contribution < 1.29 is 19.4 Å². The molecule has 33 heavy (non-hydrogen) atoms. The van der Waals surface area contributed by atoms with Crippen LogP contribution in [0.25, 0.3) is 0 Å². The molecule has 2 aromatic rings. The first-order chi connectivity index (χ1) is 16.0. The van der Waals surface area contributed by atoms with Gasteiger partial charge < -0.3 is 20.1 Å². The molecule has 0 aliphatic carbocycles. The van der Waals surface area contributed by atoms with E-state index >= 15 is 0 Å². The third kappa shape index (κ3) is 4.95. The van der Waals surface area contributed by atoms with E-state index in [9.17, 15) is 14.7 Å². The van der Waals surface area contributed by atoms with Gasteiger partial charge in [-0.15, -0.1) is 0 Å². The average Bonchev–Trinajstić information content (AvgIpc) is 2.84. The van der Waals surface area contributed by atoms with E-state index in [1.54, 1.807) is 0 Å². The smallest absolute Gasteiger partial charge is 0.254 e. The number of hydrogen-bond donors (Lipinski definition) is 2. The van der Waals surface area contributed by atoms with E-state index in [2.05, 4.69) is 10.2 Å². The maximum Gasteiger partial charge on any atom is 0.254 e. The first kappa shape index (κ1) is 23.4. The van der Waals surface area contributed by atoms with E-state index in [1.807, 2.05) is 67.3 Å². The van der Waals surface area contributed by atoms with Crippen molar-refractivity contribution in [1.82, 2.24) is 15.1 Å². The zero-order valence-electron chi connectivity index (χ0n) is 19.4. The highest BCUT2D eigenvalue weighted by atomic mass is 16.5. The number of nitrogens with one attached hydrogen (secondary N) is 1. The van der Waals surface area contributed by atoms with Gasteiger partial charge in [-0.3, -0.25) is 14.5 Å². The van der Waals surface area contributed by atoms with Crippen LogP contribution in [0.4, 0.5) is 0 Å². The van der Waals surface area contributed by atoms with Crippen molar-refractivity contribution in [2.75, 3.05) is 39.4 Å². The summed E-state index contributed by atoms with van der Waals surface area (Å²) in [5.74, 6) is -0.662. The van der Waals surface area contributed by atoms with E-state index in [1.165, 1.54) is 0 Å². The lowest BCUT2D eigenvalue weighted by molar-refractivity contribution is -0.124. The van der Waals surface area contributed by atoms with Crippen LogP contribution in [0.2, 0.25) is 0 Å². The average molecular weight is 452 g/mol. The molecule has 0 spiro atoms. The molecule has 2 heterocycles. The Hall–Kier alpha value is -2.74. The van der Waals surface area contributed by atoms with Gasteiger partial charge in [-0.05, 0) is 36.6 Å². The Labute approximate surface area is 195 Å². The highest BCUT2D eigenvalue weighted by molar-refractivity contribution is 6.01. The number of fused-ring (bicyclic) bond motifs is 1. The van der Waals surface area contributed by atoms with Crippen LogP contribution in [0.15, 0.2) is 48.5 Å². The molecule has 4 rings (SSSR count). The molecular weight excluding hydrogens is 418 g/mol. The van der Waals surface area contributed by atoms with Crippen molar-refractivity contribution in [3.05, 3.63) is 70.8 Å². The summed E-state index contributed by atoms with van der Waals surface area (Å²) in [5.41, 5.74) is 3.03. The van der Waals surface area contributed by atoms with Gasteiger partial charge in [0.25, 0.3) is 5.91 Å². The summed E-state index contributed by atoms with van der Waals surface area (Å²) in [6, 6.07) is 14.5. The third-order valence-corrected chi connectivity index (χ3v) is 6.55. The second kappa shape index (κ2) is 10.5. The number of ether oxygens (including phenoxy) is 1. The second-order valence-corrected chi connectivity index (χ2v) is 8.96. The summed E-state index contributed by atoms with van der Waals surface area (Å²) in [6.45, 7) is 8.42. The SMILES string of the molecule is CC(C)N1C(=O)c2ccccc2[C@@H](C(=O)NCCN2CCOCC2)[C@@H]1c1ccc(CO)cc1. The Kier molecular flexibility index (Phi) is 7.42. The second-order valence-electron chi connectivity index (χ2n) is 8.96. The van der Waals surface area contributed by atoms with Crippen LogP contribution < -0.4 is 5.32 Å². The molecular formula is C26H33N3O4. The zero-order chi connectivity index (χ0) is 23.4. The van der Waals surface area contributed by atoms with E-state index in [0.717, 1.165) is 49.5 Å². The number of nitrogens with zero attached hydrogens (tertiary/aromatic N) is 2. The van der Waals surface area contributed by atoms with E-state index in [4.69, 9.17) is 4.74 Å². The quantitative estimate of drug-likeness (QED) is 0.675. The summed E-state index contributed by atoms with van der Waals surface area (Å²) in [7, 11) is 0. The van der Waals surface area contributed by atoms with Crippen LogP contribution in [-0.4, -0.2) is 72.2 Å². The highest BCUT2D eigenvalue weighted by Gasteiger charge is 2.44. The monoisotopic (exact) mass is 451 g/mol. The summed E-state index contributed by atoms with van der Waals surface area (Å²) < 4.78 is 5.40. The summed E-state index contributed by atoms with van der Waals surface area (Å²) in [5, 5.41) is 12.6. The molecule has 7 nitrogen and oxygen atoms in total. The van der Waals surface area contributed by atoms with Crippen molar-refractivity contribution in [2.24, 2.45) is 0 Å². The lowest BCUT2D eigenvalue weighted by atomic mass is 9.78. The predicted molar refractivity (Wildman–Crippen MR) is 126 cm³/mol. The van der Waals surface area contributed by atoms with Gasteiger partial charge in [-0.1, -0.05) is 42.5 Å². The largest absolute Gasteiger partial charge is 0.392 e. The zero-order valence-corrected chi connectivity index (χ0v) is 19.4. The number of hydrogen-bond acceptors (Lipinski definition) is 5. The van der Waals surface area contributed by atoms with Crippen LogP contribution >= 0.6 is 0 Å². The van der Waals surface area contributed by atoms with Crippen LogP contribution in [0, 0.1) is 0 Å². The number of rotatable bonds is 7. The Morgan fingerprint density at radius 1 is 1.12 bits per heavy atom. The van der Waals surface area contributed by atoms with Crippen molar-refractivity contribution in [3.63, 3.8) is 0 Å². The Balaban J connectivity index is 1.66. The van der Waals surface area contributed by atoms with Gasteiger partial charge in [-0.2, -0.15) is 0 Å². The minimum Gasteiger partial charge on any atom is -0.392 e. The molecule has 0 unspecified atom stereocenters. The van der Waals surface area contributed by atoms with Crippen molar-refractivity contribution >= 4 is 11.8 Å². The van der Waals surface area contributed by atoms with E-state index < -0.39 is 12.0 Å². The van der Waals surface area contributed by atoms with Gasteiger partial charge >= 0.3 is 0 Å². The number of aliphatic hydroxyl groups is 1. The van der Waals surface area contributed by atoms with Gasteiger partial charge in [0.05, 0.1) is 31.8 Å². The molecule has 0 aromatic heterocycles. The molecule has 2 aliphatic rings. The number of carbonyl (C=O) groups excluding carboxylic acids is 2. The normalized spacial score (nSPS) is 21.2. The van der Waals surface area contributed by atoms with Crippen molar-refractivity contribution in [3.8, 4) is 0 Å². The Morgan fingerprint density at radius 3 is 2.48 bits per heavy atom. The molecule has 7 heteroatoms. The topological polar surface area (TPSA) is 82.1 Å². The van der Waals surface area contributed by atoms with Gasteiger partial charge in [-0.25, -0.2) is 0 Å². The van der Waals surface area contributed by atoms with Crippen LogP contribution in [0.5, 0.6) is 0 Å². The number of morpholine rings is 1. The standard InChI is InChI=1S/C26H33N3O4/c1-18(2)29-24(20-9-7-19(17-30)8-10-20)23(21-5-3-4-6-22(21)26(29)32)25(31)27-11-12-28-13-15-33-16-14-28/h3-10,18,23-24,30H,11-17H2,1-2H3,(H,27,31)/t23-,24+/m1/s1. The van der Waals surface area contributed by atoms with Gasteiger partial charge in [0.1, 0.15) is 0 Å². The number of carbonyl (C=O) groups is 2. The van der Waals surface area contributed by atoms with Gasteiger partial charge in [0, 0.05) is 37.8 Å². The first-order valence-electron chi connectivity index (χ1n) is 11.7. The maximum atomic E-state index is 13.7. The molecule has 2 atom stereocenters. The third-order valence-electron chi connectivity index (χ3n) is 6.55. The number of benzene rings is 2. The van der Waals surface area contributed by atoms with Crippen LogP contribution in [0.3, 0.4) is 0 Å². The molecule has 2 aromatic carbocycles. The molecule has 0 radical (unpaired) electrons. The van der Waals surface area contributed by atoms with Crippen molar-refractivity contribution in [2.45, 2.75) is 38.5 Å². The summed E-state index contributed by atoms with van der Waals surface area (Å²) >= 11 is 0. The molecule has 2 aliphatic heterocycles. The van der Waals surface area contributed by atoms with Crippen LogP contribution in [-0.2, 0) is 16.1 Å². The molecule has 2 amide bonds. The number of aliphatic hydroxyl groups excluding tert-OH is 1. The van der Waals surface area contributed by atoms with E-state index in [-0.39, 0.29) is 24.5 Å². The molecule has 2 N–H and O–H groups in total. The fraction of sp³-hybridized carbons (Fsp3) is 0.462. The molecule has 176 valence electrons. The van der Waals surface area contributed by atoms with E-state index in [0.29, 0.717) is 12.1 Å². The fourth-order valence-corrected chi connectivity index (χ4v) is 4.84. The highest BCUT2D eigenvalue weighted by Crippen LogP contribution is 2.43. The van der Waals surface area contributed by atoms with Crippen molar-refractivity contribution in [1.29, 1.82) is 0 Å². The first-order valence-corrected chi connectivity index (χ1v) is 11.7. The maximum absolute atomic E-state index is 13.7. The van der Waals surface area contributed by atoms with Crippen LogP contribution in [0.1, 0.15) is 52.9 Å². The molecule has 0 bridgehead atoms. The van der Waals surface area contributed by atoms with Gasteiger partial charge in [0.2, 0.25) is 5.91 Å². The lowest BCUT2D eigenvalue weighted by Gasteiger charge is -2.44. The molecule has 1 saturated heterocycles.